The average Bonchev–Trinajstić information content (AvgIpc) is 3.05. The normalized spacial score (nSPS) is 20.6. The summed E-state index contributed by atoms with van der Waals surface area (Å²) in [5, 5.41) is 0. The smallest absolute Gasteiger partial charge is 0.228 e. The highest BCUT2D eigenvalue weighted by Crippen LogP contribution is 2.40. The lowest BCUT2D eigenvalue weighted by molar-refractivity contribution is -0.168. The Bertz CT molecular complexity index is 790. The van der Waals surface area contributed by atoms with Crippen molar-refractivity contribution in [1.29, 1.82) is 0 Å². The van der Waals surface area contributed by atoms with E-state index in [4.69, 9.17) is 9.47 Å². The van der Waals surface area contributed by atoms with Gasteiger partial charge < -0.3 is 14.4 Å². The molecule has 1 amide bonds. The summed E-state index contributed by atoms with van der Waals surface area (Å²) in [5.41, 5.74) is 2.52. The predicted molar refractivity (Wildman–Crippen MR) is 99.9 cm³/mol. The van der Waals surface area contributed by atoms with E-state index in [-0.39, 0.29) is 11.5 Å². The van der Waals surface area contributed by atoms with Crippen molar-refractivity contribution in [3.05, 3.63) is 59.7 Å². The van der Waals surface area contributed by atoms with Crippen LogP contribution in [0.4, 0.5) is 0 Å². The minimum absolute atomic E-state index is 0.110. The summed E-state index contributed by atoms with van der Waals surface area (Å²) >= 11 is 0. The van der Waals surface area contributed by atoms with E-state index in [2.05, 4.69) is 9.97 Å². The second kappa shape index (κ2) is 7.74. The molecular weight excluding hydrogens is 342 g/mol. The number of aryl methyl sites for hydroxylation is 1. The van der Waals surface area contributed by atoms with Gasteiger partial charge in [0.2, 0.25) is 5.91 Å². The van der Waals surface area contributed by atoms with Gasteiger partial charge in [0, 0.05) is 30.1 Å². The van der Waals surface area contributed by atoms with Crippen molar-refractivity contribution >= 4 is 5.91 Å². The zero-order chi connectivity index (χ0) is 18.7. The molecule has 4 heterocycles. The zero-order valence-electron chi connectivity index (χ0n) is 15.6. The summed E-state index contributed by atoms with van der Waals surface area (Å²) in [6, 6.07) is 11.6. The van der Waals surface area contributed by atoms with E-state index in [1.54, 1.807) is 6.20 Å². The van der Waals surface area contributed by atoms with Crippen LogP contribution >= 0.6 is 0 Å². The topological polar surface area (TPSA) is 64.6 Å². The van der Waals surface area contributed by atoms with Crippen LogP contribution < -0.4 is 0 Å². The van der Waals surface area contributed by atoms with E-state index in [1.807, 2.05) is 48.2 Å². The quantitative estimate of drug-likeness (QED) is 0.783. The number of nitrogens with zero attached hydrogens (tertiary/aromatic N) is 3. The minimum Gasteiger partial charge on any atom is -0.375 e. The number of carbonyl (C=O) groups is 1. The van der Waals surface area contributed by atoms with Gasteiger partial charge in [-0.25, -0.2) is 0 Å². The highest BCUT2D eigenvalue weighted by Gasteiger charge is 2.54. The number of likely N-dealkylation sites (tertiary alicyclic amines) is 1. The van der Waals surface area contributed by atoms with Gasteiger partial charge in [0.25, 0.3) is 0 Å². The van der Waals surface area contributed by atoms with Gasteiger partial charge in [0.05, 0.1) is 38.4 Å². The van der Waals surface area contributed by atoms with E-state index in [0.717, 1.165) is 30.1 Å². The van der Waals surface area contributed by atoms with Gasteiger partial charge in [0.15, 0.2) is 0 Å². The molecule has 4 rings (SSSR count). The number of aromatic nitrogens is 2. The first-order chi connectivity index (χ1) is 13.1. The molecule has 0 radical (unpaired) electrons. The van der Waals surface area contributed by atoms with Crippen LogP contribution in [-0.4, -0.2) is 52.7 Å². The van der Waals surface area contributed by atoms with Crippen LogP contribution in [-0.2, 0) is 27.3 Å². The first kappa shape index (κ1) is 18.1. The van der Waals surface area contributed by atoms with Crippen molar-refractivity contribution < 1.29 is 14.3 Å². The van der Waals surface area contributed by atoms with Gasteiger partial charge in [-0.1, -0.05) is 12.1 Å². The SMILES string of the molecule is Cc1cccc(COCC2CCOC23CN(C(=O)Cc2ccccn2)C3)n1. The standard InChI is InChI=1S/C21H25N3O3/c1-16-5-4-7-19(23-16)13-26-12-17-8-10-27-21(17)14-24(15-21)20(25)11-18-6-2-3-9-22-18/h2-7,9,17H,8,10-15H2,1H3. The molecule has 0 N–H and O–H groups in total. The predicted octanol–water partition coefficient (Wildman–Crippen LogP) is 2.16. The van der Waals surface area contributed by atoms with Gasteiger partial charge >= 0.3 is 0 Å². The molecule has 2 aliphatic heterocycles. The molecule has 6 heteroatoms. The molecule has 142 valence electrons. The van der Waals surface area contributed by atoms with Crippen molar-refractivity contribution in [2.24, 2.45) is 5.92 Å². The zero-order valence-corrected chi connectivity index (χ0v) is 15.6. The third-order valence-electron chi connectivity index (χ3n) is 5.44. The lowest BCUT2D eigenvalue weighted by Crippen LogP contribution is -2.66. The van der Waals surface area contributed by atoms with Crippen molar-refractivity contribution in [2.45, 2.75) is 32.0 Å². The van der Waals surface area contributed by atoms with Crippen molar-refractivity contribution in [1.82, 2.24) is 14.9 Å². The Hall–Kier alpha value is -2.31. The number of hydrogen-bond donors (Lipinski definition) is 0. The summed E-state index contributed by atoms with van der Waals surface area (Å²) in [6.45, 7) is 5.16. The molecule has 2 aromatic rings. The summed E-state index contributed by atoms with van der Waals surface area (Å²) in [6.07, 6.45) is 3.04. The van der Waals surface area contributed by atoms with Gasteiger partial charge in [-0.3, -0.25) is 14.8 Å². The molecule has 0 bridgehead atoms. The maximum absolute atomic E-state index is 12.5. The molecule has 6 nitrogen and oxygen atoms in total. The van der Waals surface area contributed by atoms with Crippen LogP contribution in [0, 0.1) is 12.8 Å². The molecule has 2 aromatic heterocycles. The van der Waals surface area contributed by atoms with E-state index < -0.39 is 0 Å². The molecular formula is C21H25N3O3. The van der Waals surface area contributed by atoms with Crippen LogP contribution in [0.3, 0.4) is 0 Å². The van der Waals surface area contributed by atoms with Gasteiger partial charge in [-0.15, -0.1) is 0 Å². The molecule has 0 aliphatic carbocycles. The first-order valence-corrected chi connectivity index (χ1v) is 9.46. The second-order valence-corrected chi connectivity index (χ2v) is 7.43. The Balaban J connectivity index is 1.27. The Labute approximate surface area is 159 Å². The lowest BCUT2D eigenvalue weighted by atomic mass is 9.81. The fourth-order valence-corrected chi connectivity index (χ4v) is 3.90. The number of carbonyl (C=O) groups excluding carboxylic acids is 1. The van der Waals surface area contributed by atoms with E-state index in [9.17, 15) is 4.79 Å². The highest BCUT2D eigenvalue weighted by atomic mass is 16.5. The third kappa shape index (κ3) is 4.01. The summed E-state index contributed by atoms with van der Waals surface area (Å²) in [4.78, 5) is 23.0. The molecule has 1 spiro atoms. The van der Waals surface area contributed by atoms with Crippen molar-refractivity contribution in [3.8, 4) is 0 Å². The molecule has 27 heavy (non-hydrogen) atoms. The second-order valence-electron chi connectivity index (χ2n) is 7.43. The van der Waals surface area contributed by atoms with E-state index >= 15 is 0 Å². The average molecular weight is 367 g/mol. The summed E-state index contributed by atoms with van der Waals surface area (Å²) in [5.74, 6) is 0.430. The van der Waals surface area contributed by atoms with Crippen LogP contribution in [0.25, 0.3) is 0 Å². The Morgan fingerprint density at radius 3 is 2.89 bits per heavy atom. The molecule has 1 atom stereocenters. The van der Waals surface area contributed by atoms with Gasteiger partial charge in [0.1, 0.15) is 5.60 Å². The van der Waals surface area contributed by atoms with Crippen LogP contribution in [0.5, 0.6) is 0 Å². The van der Waals surface area contributed by atoms with Gasteiger partial charge in [-0.2, -0.15) is 0 Å². The molecule has 1 unspecified atom stereocenters. The third-order valence-corrected chi connectivity index (χ3v) is 5.44. The molecule has 2 fully saturated rings. The first-order valence-electron chi connectivity index (χ1n) is 9.46. The number of ether oxygens (including phenoxy) is 2. The maximum atomic E-state index is 12.5. The number of amides is 1. The van der Waals surface area contributed by atoms with Crippen molar-refractivity contribution in [2.75, 3.05) is 26.3 Å². The van der Waals surface area contributed by atoms with Gasteiger partial charge in [-0.05, 0) is 37.6 Å². The maximum Gasteiger partial charge on any atom is 0.228 e. The van der Waals surface area contributed by atoms with Crippen molar-refractivity contribution in [3.63, 3.8) is 0 Å². The molecule has 2 aliphatic rings. The van der Waals surface area contributed by atoms with E-state index in [0.29, 0.717) is 38.6 Å². The fraction of sp³-hybridized carbons (Fsp3) is 0.476. The molecule has 0 saturated carbocycles. The lowest BCUT2D eigenvalue weighted by Gasteiger charge is -2.50. The largest absolute Gasteiger partial charge is 0.375 e. The number of pyridine rings is 2. The fourth-order valence-electron chi connectivity index (χ4n) is 3.90. The molecule has 0 aromatic carbocycles. The Morgan fingerprint density at radius 2 is 2.11 bits per heavy atom. The number of hydrogen-bond acceptors (Lipinski definition) is 5. The monoisotopic (exact) mass is 367 g/mol. The Morgan fingerprint density at radius 1 is 1.26 bits per heavy atom. The van der Waals surface area contributed by atoms with Crippen LogP contribution in [0.15, 0.2) is 42.6 Å². The van der Waals surface area contributed by atoms with E-state index in [1.165, 1.54) is 0 Å². The summed E-state index contributed by atoms with van der Waals surface area (Å²) < 4.78 is 12.0. The Kier molecular flexibility index (Phi) is 5.18. The van der Waals surface area contributed by atoms with Crippen LogP contribution in [0.1, 0.15) is 23.5 Å². The highest BCUT2D eigenvalue weighted by molar-refractivity contribution is 5.79. The number of rotatable bonds is 6. The summed E-state index contributed by atoms with van der Waals surface area (Å²) in [7, 11) is 0. The van der Waals surface area contributed by atoms with Crippen LogP contribution in [0.2, 0.25) is 0 Å². The minimum atomic E-state index is -0.236. The molecule has 2 saturated heterocycles.